The molecule has 0 fully saturated rings. The third-order valence-electron chi connectivity index (χ3n) is 3.89. The van der Waals surface area contributed by atoms with Crippen molar-refractivity contribution in [2.45, 2.75) is 17.1 Å². The molecule has 144 valence electrons. The number of nitrogens with one attached hydrogen (secondary N) is 1. The van der Waals surface area contributed by atoms with Crippen molar-refractivity contribution in [2.75, 3.05) is 24.3 Å². The Balaban J connectivity index is 1.45. The van der Waals surface area contributed by atoms with Crippen LogP contribution in [0.1, 0.15) is 12.2 Å². The van der Waals surface area contributed by atoms with Crippen molar-refractivity contribution in [1.29, 1.82) is 0 Å². The van der Waals surface area contributed by atoms with Gasteiger partial charge in [0.2, 0.25) is 11.9 Å². The molecule has 7 nitrogen and oxygen atoms in total. The molecule has 1 aliphatic rings. The number of hydrogen-bond donors (Lipinski definition) is 2. The number of anilines is 3. The lowest BCUT2D eigenvalue weighted by Gasteiger charge is -2.10. The van der Waals surface area contributed by atoms with Gasteiger partial charge in [0.15, 0.2) is 11.5 Å². The molecule has 0 atom stereocenters. The normalized spacial score (nSPS) is 13.0. The van der Waals surface area contributed by atoms with Gasteiger partial charge in [0, 0.05) is 17.0 Å². The van der Waals surface area contributed by atoms with Crippen LogP contribution in [0.25, 0.3) is 0 Å². The minimum Gasteiger partial charge on any atom is -0.490 e. The van der Waals surface area contributed by atoms with Gasteiger partial charge >= 0.3 is 0 Å². The van der Waals surface area contributed by atoms with Crippen molar-refractivity contribution < 1.29 is 13.9 Å². The highest BCUT2D eigenvalue weighted by Crippen LogP contribution is 2.34. The van der Waals surface area contributed by atoms with Crippen LogP contribution in [0.3, 0.4) is 0 Å². The van der Waals surface area contributed by atoms with E-state index in [4.69, 9.17) is 15.2 Å². The monoisotopic (exact) mass is 399 g/mol. The van der Waals surface area contributed by atoms with Crippen LogP contribution in [0, 0.1) is 5.82 Å². The maximum Gasteiger partial charge on any atom is 0.232 e. The Morgan fingerprint density at radius 1 is 1.00 bits per heavy atom. The predicted octanol–water partition coefficient (Wildman–Crippen LogP) is 3.79. The van der Waals surface area contributed by atoms with Gasteiger partial charge in [0.25, 0.3) is 0 Å². The second-order valence-electron chi connectivity index (χ2n) is 6.01. The fourth-order valence-corrected chi connectivity index (χ4v) is 3.38. The van der Waals surface area contributed by atoms with Crippen LogP contribution in [-0.4, -0.2) is 28.2 Å². The van der Waals surface area contributed by atoms with Crippen molar-refractivity contribution >= 4 is 29.3 Å². The van der Waals surface area contributed by atoms with E-state index < -0.39 is 0 Å². The van der Waals surface area contributed by atoms with Crippen molar-refractivity contribution in [2.24, 2.45) is 0 Å². The first kappa shape index (κ1) is 18.3. The lowest BCUT2D eigenvalue weighted by molar-refractivity contribution is 0.297. The number of rotatable bonds is 5. The van der Waals surface area contributed by atoms with Crippen molar-refractivity contribution in [3.8, 4) is 11.5 Å². The Labute approximate surface area is 165 Å². The lowest BCUT2D eigenvalue weighted by atomic mass is 10.3. The Morgan fingerprint density at radius 2 is 1.79 bits per heavy atom. The number of nitrogen functional groups attached to an aromatic ring is 1. The molecule has 0 saturated heterocycles. The molecular weight excluding hydrogens is 381 g/mol. The molecule has 0 bridgehead atoms. The topological polar surface area (TPSA) is 95.2 Å². The van der Waals surface area contributed by atoms with E-state index in [2.05, 4.69) is 20.3 Å². The zero-order valence-electron chi connectivity index (χ0n) is 14.9. The summed E-state index contributed by atoms with van der Waals surface area (Å²) in [6, 6.07) is 11.7. The fraction of sp³-hybridized carbons (Fsp3) is 0.211. The van der Waals surface area contributed by atoms with Crippen molar-refractivity contribution in [3.63, 3.8) is 0 Å². The van der Waals surface area contributed by atoms with E-state index in [1.807, 2.05) is 18.2 Å². The largest absolute Gasteiger partial charge is 0.490 e. The van der Waals surface area contributed by atoms with E-state index in [-0.39, 0.29) is 11.8 Å². The van der Waals surface area contributed by atoms with Crippen LogP contribution < -0.4 is 20.5 Å². The minimum absolute atomic E-state index is 0.119. The number of hydrogen-bond acceptors (Lipinski definition) is 8. The summed E-state index contributed by atoms with van der Waals surface area (Å²) >= 11 is 1.56. The van der Waals surface area contributed by atoms with Gasteiger partial charge in [0.1, 0.15) is 11.6 Å². The van der Waals surface area contributed by atoms with Gasteiger partial charge in [-0.1, -0.05) is 0 Å². The molecule has 0 saturated carbocycles. The summed E-state index contributed by atoms with van der Waals surface area (Å²) in [5.74, 6) is 2.67. The smallest absolute Gasteiger partial charge is 0.232 e. The quantitative estimate of drug-likeness (QED) is 0.626. The summed E-state index contributed by atoms with van der Waals surface area (Å²) in [5, 5.41) is 3.00. The summed E-state index contributed by atoms with van der Waals surface area (Å²) in [6.07, 6.45) is 0.866. The molecule has 28 heavy (non-hydrogen) atoms. The highest BCUT2D eigenvalue weighted by molar-refractivity contribution is 7.98. The highest BCUT2D eigenvalue weighted by atomic mass is 32.2. The van der Waals surface area contributed by atoms with E-state index in [9.17, 15) is 4.39 Å². The summed E-state index contributed by atoms with van der Waals surface area (Å²) in [4.78, 5) is 13.7. The molecule has 1 aliphatic heterocycles. The number of thioether (sulfide) groups is 1. The molecule has 2 heterocycles. The van der Waals surface area contributed by atoms with E-state index in [0.717, 1.165) is 22.8 Å². The molecule has 0 aliphatic carbocycles. The van der Waals surface area contributed by atoms with Crippen molar-refractivity contribution in [3.05, 3.63) is 54.1 Å². The summed E-state index contributed by atoms with van der Waals surface area (Å²) in [5.41, 5.74) is 6.47. The maximum absolute atomic E-state index is 13.0. The first-order chi connectivity index (χ1) is 13.7. The first-order valence-electron chi connectivity index (χ1n) is 8.71. The maximum atomic E-state index is 13.0. The highest BCUT2D eigenvalue weighted by Gasteiger charge is 2.12. The third-order valence-corrected chi connectivity index (χ3v) is 4.88. The van der Waals surface area contributed by atoms with Crippen LogP contribution in [0.5, 0.6) is 11.5 Å². The van der Waals surface area contributed by atoms with Gasteiger partial charge < -0.3 is 20.5 Å². The van der Waals surface area contributed by atoms with E-state index in [1.165, 1.54) is 12.1 Å². The van der Waals surface area contributed by atoms with Gasteiger partial charge in [0.05, 0.1) is 19.0 Å². The van der Waals surface area contributed by atoms with Gasteiger partial charge in [-0.05, 0) is 42.5 Å². The molecule has 0 spiro atoms. The Morgan fingerprint density at radius 3 is 2.61 bits per heavy atom. The molecule has 0 radical (unpaired) electrons. The van der Waals surface area contributed by atoms with Crippen LogP contribution in [-0.2, 0) is 5.75 Å². The first-order valence-corrected chi connectivity index (χ1v) is 9.70. The number of fused-ring (bicyclic) bond motifs is 1. The molecule has 0 amide bonds. The van der Waals surface area contributed by atoms with Gasteiger partial charge in [-0.25, -0.2) is 4.39 Å². The van der Waals surface area contributed by atoms with Crippen LogP contribution in [0.4, 0.5) is 22.0 Å². The van der Waals surface area contributed by atoms with Crippen molar-refractivity contribution in [1.82, 2.24) is 15.0 Å². The molecular formula is C19H18FN5O2S. The number of aromatic nitrogens is 3. The zero-order valence-corrected chi connectivity index (χ0v) is 15.7. The van der Waals surface area contributed by atoms with Crippen LogP contribution in [0.2, 0.25) is 0 Å². The Bertz CT molecular complexity index is 971. The lowest BCUT2D eigenvalue weighted by Crippen LogP contribution is -2.06. The standard InChI is InChI=1S/C19H18FN5O2S/c20-12-2-4-13(5-3-12)22-19-24-17(23-18(21)25-19)11-28-14-6-7-15-16(10-14)27-9-1-8-26-15/h2-7,10H,1,8-9,11H2,(H3,21,22,23,24,25). The molecule has 2 aromatic carbocycles. The summed E-state index contributed by atoms with van der Waals surface area (Å²) in [7, 11) is 0. The Hall–Kier alpha value is -3.07. The number of nitrogens with zero attached hydrogens (tertiary/aromatic N) is 3. The molecule has 0 unspecified atom stereocenters. The zero-order chi connectivity index (χ0) is 19.3. The van der Waals surface area contributed by atoms with Gasteiger partial charge in [-0.3, -0.25) is 0 Å². The van der Waals surface area contributed by atoms with E-state index in [1.54, 1.807) is 23.9 Å². The van der Waals surface area contributed by atoms with Crippen LogP contribution >= 0.6 is 11.8 Å². The SMILES string of the molecule is Nc1nc(CSc2ccc3c(c2)OCCCO3)nc(Nc2ccc(F)cc2)n1. The third kappa shape index (κ3) is 4.61. The van der Waals surface area contributed by atoms with E-state index >= 15 is 0 Å². The molecule has 4 rings (SSSR count). The number of benzene rings is 2. The second kappa shape index (κ2) is 8.30. The molecule has 3 N–H and O–H groups in total. The second-order valence-corrected chi connectivity index (χ2v) is 7.06. The predicted molar refractivity (Wildman–Crippen MR) is 106 cm³/mol. The fourth-order valence-electron chi connectivity index (χ4n) is 2.60. The summed E-state index contributed by atoms with van der Waals surface area (Å²) < 4.78 is 24.4. The van der Waals surface area contributed by atoms with Gasteiger partial charge in [-0.2, -0.15) is 15.0 Å². The van der Waals surface area contributed by atoms with Crippen LogP contribution in [0.15, 0.2) is 47.4 Å². The summed E-state index contributed by atoms with van der Waals surface area (Å²) in [6.45, 7) is 1.30. The minimum atomic E-state index is -0.312. The Kier molecular flexibility index (Phi) is 5.43. The number of ether oxygens (including phenoxy) is 2. The average Bonchev–Trinajstić information content (AvgIpc) is 2.93. The molecule has 9 heteroatoms. The number of halogens is 1. The van der Waals surface area contributed by atoms with E-state index in [0.29, 0.717) is 36.4 Å². The molecule has 3 aromatic rings. The molecule has 1 aromatic heterocycles. The van der Waals surface area contributed by atoms with Gasteiger partial charge in [-0.15, -0.1) is 11.8 Å². The average molecular weight is 399 g/mol. The number of nitrogens with two attached hydrogens (primary N) is 1.